The van der Waals surface area contributed by atoms with Gasteiger partial charge in [0, 0.05) is 0 Å². The van der Waals surface area contributed by atoms with Crippen LogP contribution in [0.3, 0.4) is 0 Å². The van der Waals surface area contributed by atoms with Gasteiger partial charge in [-0.3, -0.25) is 0 Å². The molecule has 1 unspecified atom stereocenters. The molecule has 1 atom stereocenters. The minimum atomic E-state index is 0.897. The molecule has 0 aromatic carbocycles. The molecule has 0 aliphatic heterocycles. The molecular weight excluding hydrogens is 180 g/mol. The van der Waals surface area contributed by atoms with Crippen molar-refractivity contribution >= 4 is 0 Å². The van der Waals surface area contributed by atoms with E-state index in [1.165, 1.54) is 57.8 Å². The smallest absolute Gasteiger partial charge is 0.0391 e. The lowest BCUT2D eigenvalue weighted by Crippen LogP contribution is -2.13. The van der Waals surface area contributed by atoms with Gasteiger partial charge >= 0.3 is 0 Å². The highest BCUT2D eigenvalue weighted by molar-refractivity contribution is 4.70. The van der Waals surface area contributed by atoms with Crippen molar-refractivity contribution in [3.8, 4) is 0 Å². The Balaban J connectivity index is 2.19. The Morgan fingerprint density at radius 3 is 2.20 bits per heavy atom. The molecule has 0 nitrogen and oxygen atoms in total. The molecule has 1 fully saturated rings. The molecule has 0 heteroatoms. The molecule has 0 radical (unpaired) electrons. The van der Waals surface area contributed by atoms with Gasteiger partial charge in [0.05, 0.1) is 0 Å². The van der Waals surface area contributed by atoms with Crippen LogP contribution >= 0.6 is 0 Å². The molecule has 1 aliphatic carbocycles. The molecular formula is C15H30. The number of hydrogen-bond acceptors (Lipinski definition) is 0. The van der Waals surface area contributed by atoms with Crippen LogP contribution in [0.4, 0.5) is 0 Å². The van der Waals surface area contributed by atoms with Crippen LogP contribution in [0.1, 0.15) is 78.6 Å². The maximum Gasteiger partial charge on any atom is -0.0391 e. The van der Waals surface area contributed by atoms with Crippen LogP contribution < -0.4 is 0 Å². The average Bonchev–Trinajstić information content (AvgIpc) is 2.25. The van der Waals surface area contributed by atoms with Crippen molar-refractivity contribution in [3.63, 3.8) is 0 Å². The van der Waals surface area contributed by atoms with Gasteiger partial charge in [-0.25, -0.2) is 0 Å². The standard InChI is InChI=1S/C15H30/c1-4-8-15(13(2)3)12-11-14-9-6-5-7-10-14/h13-15H,4-12H2,1-3H3. The highest BCUT2D eigenvalue weighted by Crippen LogP contribution is 2.31. The summed E-state index contributed by atoms with van der Waals surface area (Å²) in [6.07, 6.45) is 13.4. The maximum atomic E-state index is 2.40. The Morgan fingerprint density at radius 2 is 1.67 bits per heavy atom. The summed E-state index contributed by atoms with van der Waals surface area (Å²) in [5, 5.41) is 0. The zero-order chi connectivity index (χ0) is 11.1. The third-order valence-corrected chi connectivity index (χ3v) is 4.27. The van der Waals surface area contributed by atoms with Crippen LogP contribution in [-0.2, 0) is 0 Å². The summed E-state index contributed by atoms with van der Waals surface area (Å²) in [5.74, 6) is 2.97. The quantitative estimate of drug-likeness (QED) is 0.549. The lowest BCUT2D eigenvalue weighted by Gasteiger charge is -2.26. The molecule has 15 heavy (non-hydrogen) atoms. The van der Waals surface area contributed by atoms with E-state index in [1.54, 1.807) is 0 Å². The van der Waals surface area contributed by atoms with Crippen molar-refractivity contribution < 1.29 is 0 Å². The second-order valence-corrected chi connectivity index (χ2v) is 5.87. The minimum absolute atomic E-state index is 0.897. The summed E-state index contributed by atoms with van der Waals surface area (Å²) >= 11 is 0. The van der Waals surface area contributed by atoms with Crippen LogP contribution in [0, 0.1) is 17.8 Å². The summed E-state index contributed by atoms with van der Waals surface area (Å²) in [7, 11) is 0. The van der Waals surface area contributed by atoms with Gasteiger partial charge in [0.2, 0.25) is 0 Å². The van der Waals surface area contributed by atoms with Crippen molar-refractivity contribution in [2.24, 2.45) is 17.8 Å². The lowest BCUT2D eigenvalue weighted by atomic mass is 9.80. The predicted molar refractivity (Wildman–Crippen MR) is 69.0 cm³/mol. The Hall–Kier alpha value is 0. The van der Waals surface area contributed by atoms with E-state index in [0.29, 0.717) is 0 Å². The van der Waals surface area contributed by atoms with Crippen molar-refractivity contribution in [2.75, 3.05) is 0 Å². The Morgan fingerprint density at radius 1 is 1.00 bits per heavy atom. The van der Waals surface area contributed by atoms with Gasteiger partial charge in [0.1, 0.15) is 0 Å². The molecule has 1 rings (SSSR count). The molecule has 0 saturated heterocycles. The number of rotatable bonds is 6. The lowest BCUT2D eigenvalue weighted by molar-refractivity contribution is 0.266. The minimum Gasteiger partial charge on any atom is -0.0654 e. The summed E-state index contributed by atoms with van der Waals surface area (Å²) < 4.78 is 0. The van der Waals surface area contributed by atoms with E-state index in [4.69, 9.17) is 0 Å². The molecule has 1 saturated carbocycles. The Labute approximate surface area is 96.8 Å². The van der Waals surface area contributed by atoms with Crippen molar-refractivity contribution in [2.45, 2.75) is 78.6 Å². The van der Waals surface area contributed by atoms with Gasteiger partial charge in [-0.2, -0.15) is 0 Å². The molecule has 1 aliphatic rings. The molecule has 0 aromatic heterocycles. The largest absolute Gasteiger partial charge is 0.0654 e. The normalized spacial score (nSPS) is 20.8. The first kappa shape index (κ1) is 13.1. The fraction of sp³-hybridized carbons (Fsp3) is 1.00. The maximum absolute atomic E-state index is 2.40. The van der Waals surface area contributed by atoms with Gasteiger partial charge in [-0.15, -0.1) is 0 Å². The Kier molecular flexibility index (Phi) is 6.36. The molecule has 0 N–H and O–H groups in total. The first-order valence-electron chi connectivity index (χ1n) is 7.24. The highest BCUT2D eigenvalue weighted by Gasteiger charge is 2.17. The predicted octanol–water partition coefficient (Wildman–Crippen LogP) is 5.42. The zero-order valence-corrected chi connectivity index (χ0v) is 11.1. The first-order valence-corrected chi connectivity index (χ1v) is 7.24. The molecule has 0 amide bonds. The highest BCUT2D eigenvalue weighted by atomic mass is 14.2. The monoisotopic (exact) mass is 210 g/mol. The van der Waals surface area contributed by atoms with E-state index in [2.05, 4.69) is 20.8 Å². The van der Waals surface area contributed by atoms with E-state index in [-0.39, 0.29) is 0 Å². The van der Waals surface area contributed by atoms with Gasteiger partial charge in [0.25, 0.3) is 0 Å². The fourth-order valence-electron chi connectivity index (χ4n) is 3.11. The molecule has 90 valence electrons. The summed E-state index contributed by atoms with van der Waals surface area (Å²) in [5.41, 5.74) is 0. The van der Waals surface area contributed by atoms with Crippen LogP contribution in [0.5, 0.6) is 0 Å². The van der Waals surface area contributed by atoms with E-state index in [9.17, 15) is 0 Å². The summed E-state index contributed by atoms with van der Waals surface area (Å²) in [4.78, 5) is 0. The van der Waals surface area contributed by atoms with Crippen LogP contribution in [0.25, 0.3) is 0 Å². The van der Waals surface area contributed by atoms with E-state index < -0.39 is 0 Å². The second kappa shape index (κ2) is 7.30. The Bertz CT molecular complexity index is 142. The third kappa shape index (κ3) is 5.04. The van der Waals surface area contributed by atoms with Crippen LogP contribution in [0.15, 0.2) is 0 Å². The van der Waals surface area contributed by atoms with Gasteiger partial charge in [-0.05, 0) is 24.2 Å². The molecule has 0 spiro atoms. The van der Waals surface area contributed by atoms with Gasteiger partial charge < -0.3 is 0 Å². The first-order chi connectivity index (χ1) is 7.24. The van der Waals surface area contributed by atoms with Crippen LogP contribution in [-0.4, -0.2) is 0 Å². The van der Waals surface area contributed by atoms with E-state index in [0.717, 1.165) is 17.8 Å². The molecule has 0 bridgehead atoms. The van der Waals surface area contributed by atoms with Crippen LogP contribution in [0.2, 0.25) is 0 Å². The fourth-order valence-corrected chi connectivity index (χ4v) is 3.11. The second-order valence-electron chi connectivity index (χ2n) is 5.87. The number of hydrogen-bond donors (Lipinski definition) is 0. The summed E-state index contributed by atoms with van der Waals surface area (Å²) in [6, 6.07) is 0. The third-order valence-electron chi connectivity index (χ3n) is 4.27. The van der Waals surface area contributed by atoms with E-state index >= 15 is 0 Å². The van der Waals surface area contributed by atoms with Crippen molar-refractivity contribution in [3.05, 3.63) is 0 Å². The van der Waals surface area contributed by atoms with Gasteiger partial charge in [-0.1, -0.05) is 72.1 Å². The summed E-state index contributed by atoms with van der Waals surface area (Å²) in [6.45, 7) is 7.14. The van der Waals surface area contributed by atoms with Crippen molar-refractivity contribution in [1.29, 1.82) is 0 Å². The SMILES string of the molecule is CCCC(CCC1CCCCC1)C(C)C. The average molecular weight is 210 g/mol. The topological polar surface area (TPSA) is 0 Å². The van der Waals surface area contributed by atoms with E-state index in [1.807, 2.05) is 0 Å². The molecule has 0 aromatic rings. The zero-order valence-electron chi connectivity index (χ0n) is 11.1. The molecule has 0 heterocycles. The van der Waals surface area contributed by atoms with Gasteiger partial charge in [0.15, 0.2) is 0 Å². The van der Waals surface area contributed by atoms with Crippen molar-refractivity contribution in [1.82, 2.24) is 0 Å².